The lowest BCUT2D eigenvalue weighted by molar-refractivity contribution is -0.113. The third kappa shape index (κ3) is 1.16. The maximum absolute atomic E-state index is 5.65. The van der Waals surface area contributed by atoms with E-state index in [2.05, 4.69) is 9.88 Å². The van der Waals surface area contributed by atoms with Crippen LogP contribution in [0.15, 0.2) is 12.3 Å². The van der Waals surface area contributed by atoms with Crippen molar-refractivity contribution in [2.24, 2.45) is 0 Å². The fourth-order valence-corrected chi connectivity index (χ4v) is 2.04. The van der Waals surface area contributed by atoms with Crippen LogP contribution in [0.25, 0.3) is 0 Å². The van der Waals surface area contributed by atoms with Gasteiger partial charge in [0.2, 0.25) is 0 Å². The first-order chi connectivity index (χ1) is 7.29. The van der Waals surface area contributed by atoms with Crippen LogP contribution in [0.1, 0.15) is 0 Å². The molecule has 5 heteroatoms. The topological polar surface area (TPSA) is 60.6 Å². The Balaban J connectivity index is 1.90. The summed E-state index contributed by atoms with van der Waals surface area (Å²) in [7, 11) is 1.63. The summed E-state index contributed by atoms with van der Waals surface area (Å²) in [4.78, 5) is 6.51. The number of hydrogen-bond acceptors (Lipinski definition) is 5. The SMILES string of the molecule is COc1cc(N)cnc1N1C[C@@H]2OCC21. The van der Waals surface area contributed by atoms with E-state index in [-0.39, 0.29) is 0 Å². The first-order valence-corrected chi connectivity index (χ1v) is 4.97. The van der Waals surface area contributed by atoms with E-state index in [0.29, 0.717) is 17.8 Å². The van der Waals surface area contributed by atoms with Gasteiger partial charge in [-0.1, -0.05) is 0 Å². The van der Waals surface area contributed by atoms with E-state index in [1.807, 2.05) is 0 Å². The van der Waals surface area contributed by atoms with Gasteiger partial charge in [-0.25, -0.2) is 4.98 Å². The minimum absolute atomic E-state index is 0.397. The molecule has 2 N–H and O–H groups in total. The van der Waals surface area contributed by atoms with Gasteiger partial charge in [-0.15, -0.1) is 0 Å². The van der Waals surface area contributed by atoms with Crippen LogP contribution < -0.4 is 15.4 Å². The first-order valence-electron chi connectivity index (χ1n) is 4.97. The molecule has 2 aliphatic rings. The average molecular weight is 207 g/mol. The number of morpholine rings is 1. The lowest BCUT2D eigenvalue weighted by atomic mass is 9.95. The number of rotatable bonds is 2. The zero-order valence-electron chi connectivity index (χ0n) is 8.51. The fraction of sp³-hybridized carbons (Fsp3) is 0.500. The van der Waals surface area contributed by atoms with Crippen LogP contribution in [0.3, 0.4) is 0 Å². The number of methoxy groups -OCH3 is 1. The van der Waals surface area contributed by atoms with E-state index in [9.17, 15) is 0 Å². The van der Waals surface area contributed by atoms with Crippen molar-refractivity contribution in [3.05, 3.63) is 12.3 Å². The Morgan fingerprint density at radius 3 is 3.07 bits per heavy atom. The van der Waals surface area contributed by atoms with Gasteiger partial charge in [0.05, 0.1) is 37.7 Å². The van der Waals surface area contributed by atoms with Crippen LogP contribution in [-0.4, -0.2) is 37.4 Å². The molecule has 0 amide bonds. The molecule has 0 bridgehead atoms. The molecule has 0 radical (unpaired) electrons. The minimum Gasteiger partial charge on any atom is -0.493 e. The van der Waals surface area contributed by atoms with E-state index in [1.54, 1.807) is 19.4 Å². The average Bonchev–Trinajstić information content (AvgIpc) is 2.22. The minimum atomic E-state index is 0.397. The van der Waals surface area contributed by atoms with Crippen molar-refractivity contribution < 1.29 is 9.47 Å². The Morgan fingerprint density at radius 1 is 1.67 bits per heavy atom. The van der Waals surface area contributed by atoms with Crippen molar-refractivity contribution in [1.29, 1.82) is 0 Å². The Hall–Kier alpha value is -1.49. The van der Waals surface area contributed by atoms with Crippen LogP contribution in [0.5, 0.6) is 5.75 Å². The molecule has 3 heterocycles. The van der Waals surface area contributed by atoms with Gasteiger partial charge < -0.3 is 20.1 Å². The summed E-state index contributed by atoms with van der Waals surface area (Å²) in [6.45, 7) is 1.69. The smallest absolute Gasteiger partial charge is 0.172 e. The van der Waals surface area contributed by atoms with Crippen LogP contribution in [0, 0.1) is 0 Å². The summed E-state index contributed by atoms with van der Waals surface area (Å²) in [5.74, 6) is 1.61. The Morgan fingerprint density at radius 2 is 2.53 bits per heavy atom. The third-order valence-electron chi connectivity index (χ3n) is 3.03. The van der Waals surface area contributed by atoms with Crippen LogP contribution in [0.4, 0.5) is 11.5 Å². The number of nitrogens with zero attached hydrogens (tertiary/aromatic N) is 2. The fourth-order valence-electron chi connectivity index (χ4n) is 2.04. The second-order valence-electron chi connectivity index (χ2n) is 3.89. The van der Waals surface area contributed by atoms with Gasteiger partial charge in [-0.3, -0.25) is 0 Å². The highest BCUT2D eigenvalue weighted by atomic mass is 16.5. The third-order valence-corrected chi connectivity index (χ3v) is 3.03. The molecule has 1 aromatic heterocycles. The number of ether oxygens (including phenoxy) is 2. The van der Waals surface area contributed by atoms with Gasteiger partial charge in [0, 0.05) is 12.6 Å². The molecule has 0 aromatic carbocycles. The van der Waals surface area contributed by atoms with E-state index >= 15 is 0 Å². The molecular formula is C10H13N3O2. The van der Waals surface area contributed by atoms with Crippen molar-refractivity contribution in [2.75, 3.05) is 30.9 Å². The Bertz CT molecular complexity index is 396. The molecular weight excluding hydrogens is 194 g/mol. The molecule has 5 nitrogen and oxygen atoms in total. The summed E-state index contributed by atoms with van der Waals surface area (Å²) in [6.07, 6.45) is 2.05. The lowest BCUT2D eigenvalue weighted by Crippen LogP contribution is -2.71. The Kier molecular flexibility index (Phi) is 1.76. The highest BCUT2D eigenvalue weighted by Crippen LogP contribution is 2.38. The lowest BCUT2D eigenvalue weighted by Gasteiger charge is -2.55. The van der Waals surface area contributed by atoms with Gasteiger partial charge in [0.15, 0.2) is 11.6 Å². The summed E-state index contributed by atoms with van der Waals surface area (Å²) >= 11 is 0. The molecule has 80 valence electrons. The predicted molar refractivity (Wildman–Crippen MR) is 56.1 cm³/mol. The highest BCUT2D eigenvalue weighted by Gasteiger charge is 2.48. The zero-order chi connectivity index (χ0) is 10.4. The molecule has 2 aliphatic heterocycles. The number of anilines is 2. The summed E-state index contributed by atoms with van der Waals surface area (Å²) in [5.41, 5.74) is 6.28. The van der Waals surface area contributed by atoms with Crippen LogP contribution >= 0.6 is 0 Å². The standard InChI is InChI=1S/C10H13N3O2/c1-14-8-2-6(11)3-12-10(8)13-4-9-7(13)5-15-9/h2-3,7,9H,4-5,11H2,1H3/t7?,9-/m0/s1. The normalized spacial score (nSPS) is 27.7. The molecule has 2 saturated heterocycles. The van der Waals surface area contributed by atoms with E-state index in [1.165, 1.54) is 0 Å². The van der Waals surface area contributed by atoms with Gasteiger partial charge in [0.25, 0.3) is 0 Å². The van der Waals surface area contributed by atoms with Crippen LogP contribution in [-0.2, 0) is 4.74 Å². The summed E-state index contributed by atoms with van der Waals surface area (Å²) in [5, 5.41) is 0. The number of aromatic nitrogens is 1. The Labute approximate surface area is 87.8 Å². The van der Waals surface area contributed by atoms with Crippen molar-refractivity contribution in [1.82, 2.24) is 4.98 Å². The largest absolute Gasteiger partial charge is 0.493 e. The molecule has 1 aromatic rings. The molecule has 0 spiro atoms. The molecule has 1 unspecified atom stereocenters. The van der Waals surface area contributed by atoms with Gasteiger partial charge >= 0.3 is 0 Å². The molecule has 3 rings (SSSR count). The molecule has 0 aliphatic carbocycles. The predicted octanol–water partition coefficient (Wildman–Crippen LogP) is 0.260. The van der Waals surface area contributed by atoms with Gasteiger partial charge in [0.1, 0.15) is 0 Å². The number of pyridine rings is 1. The summed E-state index contributed by atoms with van der Waals surface area (Å²) < 4.78 is 10.6. The van der Waals surface area contributed by atoms with Crippen molar-refractivity contribution >= 4 is 11.5 Å². The molecule has 0 saturated carbocycles. The number of nitrogens with two attached hydrogens (primary N) is 1. The molecule has 2 fully saturated rings. The van der Waals surface area contributed by atoms with Crippen molar-refractivity contribution in [3.63, 3.8) is 0 Å². The number of nitrogen functional groups attached to an aromatic ring is 1. The first kappa shape index (κ1) is 8.79. The molecule has 2 atom stereocenters. The second kappa shape index (κ2) is 3.00. The zero-order valence-corrected chi connectivity index (χ0v) is 8.51. The van der Waals surface area contributed by atoms with E-state index in [4.69, 9.17) is 15.2 Å². The van der Waals surface area contributed by atoms with Crippen LogP contribution in [0.2, 0.25) is 0 Å². The van der Waals surface area contributed by atoms with E-state index < -0.39 is 0 Å². The maximum atomic E-state index is 5.65. The number of fused-ring (bicyclic) bond motifs is 1. The quantitative estimate of drug-likeness (QED) is 0.753. The van der Waals surface area contributed by atoms with Gasteiger partial charge in [-0.05, 0) is 0 Å². The maximum Gasteiger partial charge on any atom is 0.172 e. The van der Waals surface area contributed by atoms with Crippen molar-refractivity contribution in [2.45, 2.75) is 12.1 Å². The second-order valence-corrected chi connectivity index (χ2v) is 3.89. The highest BCUT2D eigenvalue weighted by molar-refractivity contribution is 5.60. The number of hydrogen-bond donors (Lipinski definition) is 1. The summed E-state index contributed by atoms with van der Waals surface area (Å²) in [6, 6.07) is 2.28. The monoisotopic (exact) mass is 207 g/mol. The van der Waals surface area contributed by atoms with Gasteiger partial charge in [-0.2, -0.15) is 0 Å². The van der Waals surface area contributed by atoms with E-state index in [0.717, 1.165) is 24.7 Å². The molecule has 15 heavy (non-hydrogen) atoms. The van der Waals surface area contributed by atoms with Crippen molar-refractivity contribution in [3.8, 4) is 5.75 Å².